The van der Waals surface area contributed by atoms with Gasteiger partial charge in [-0.25, -0.2) is 4.98 Å². The Kier molecular flexibility index (Phi) is 5.21. The zero-order valence-corrected chi connectivity index (χ0v) is 15.4. The van der Waals surface area contributed by atoms with Crippen molar-refractivity contribution in [1.82, 2.24) is 14.8 Å². The smallest absolute Gasteiger partial charge is 0.258 e. The van der Waals surface area contributed by atoms with Crippen LogP contribution in [-0.2, 0) is 11.3 Å². The molecule has 0 aliphatic carbocycles. The minimum Gasteiger partial charge on any atom is -0.372 e. The maximum atomic E-state index is 12.9. The van der Waals surface area contributed by atoms with Crippen LogP contribution >= 0.6 is 0 Å². The maximum absolute atomic E-state index is 12.9. The van der Waals surface area contributed by atoms with Gasteiger partial charge in [-0.2, -0.15) is 0 Å². The molecule has 6 nitrogen and oxygen atoms in total. The molecule has 1 atom stereocenters. The summed E-state index contributed by atoms with van der Waals surface area (Å²) in [5.41, 5.74) is 2.78. The molecule has 2 heterocycles. The fourth-order valence-electron chi connectivity index (χ4n) is 3.21. The van der Waals surface area contributed by atoms with Crippen LogP contribution in [0.1, 0.15) is 28.4 Å². The Morgan fingerprint density at radius 3 is 2.65 bits per heavy atom. The summed E-state index contributed by atoms with van der Waals surface area (Å²) in [5.74, 6) is 0.331. The van der Waals surface area contributed by atoms with Crippen molar-refractivity contribution in [3.8, 4) is 0 Å². The molecule has 26 heavy (non-hydrogen) atoms. The molecule has 2 amide bonds. The number of pyridine rings is 1. The molecule has 1 aliphatic heterocycles. The lowest BCUT2D eigenvalue weighted by Crippen LogP contribution is -2.57. The number of hydrogen-bond acceptors (Lipinski definition) is 4. The lowest BCUT2D eigenvalue weighted by atomic mass is 10.1. The largest absolute Gasteiger partial charge is 0.372 e. The van der Waals surface area contributed by atoms with Gasteiger partial charge in [0.05, 0.1) is 5.56 Å². The predicted molar refractivity (Wildman–Crippen MR) is 101 cm³/mol. The van der Waals surface area contributed by atoms with E-state index in [9.17, 15) is 9.59 Å². The van der Waals surface area contributed by atoms with Crippen molar-refractivity contribution in [3.05, 3.63) is 59.3 Å². The quantitative estimate of drug-likeness (QED) is 0.917. The van der Waals surface area contributed by atoms with Crippen LogP contribution < -0.4 is 5.32 Å². The van der Waals surface area contributed by atoms with E-state index in [0.29, 0.717) is 31.0 Å². The third-order valence-corrected chi connectivity index (χ3v) is 4.78. The Morgan fingerprint density at radius 2 is 1.96 bits per heavy atom. The van der Waals surface area contributed by atoms with Gasteiger partial charge in [-0.1, -0.05) is 29.8 Å². The van der Waals surface area contributed by atoms with Crippen LogP contribution in [0.5, 0.6) is 0 Å². The summed E-state index contributed by atoms with van der Waals surface area (Å²) in [6, 6.07) is 11.1. The van der Waals surface area contributed by atoms with Crippen molar-refractivity contribution in [2.24, 2.45) is 0 Å². The maximum Gasteiger partial charge on any atom is 0.258 e. The van der Waals surface area contributed by atoms with Crippen molar-refractivity contribution < 1.29 is 9.59 Å². The second-order valence-corrected chi connectivity index (χ2v) is 6.57. The fraction of sp³-hybridized carbons (Fsp3) is 0.350. The highest BCUT2D eigenvalue weighted by atomic mass is 16.2. The summed E-state index contributed by atoms with van der Waals surface area (Å²) in [5, 5.41) is 2.93. The minimum absolute atomic E-state index is 0.0277. The molecule has 0 bridgehead atoms. The molecule has 0 radical (unpaired) electrons. The van der Waals surface area contributed by atoms with E-state index >= 15 is 0 Å². The highest BCUT2D eigenvalue weighted by Crippen LogP contribution is 2.20. The van der Waals surface area contributed by atoms with Crippen molar-refractivity contribution >= 4 is 17.6 Å². The average molecular weight is 352 g/mol. The molecule has 1 saturated heterocycles. The van der Waals surface area contributed by atoms with Gasteiger partial charge in [-0.05, 0) is 31.5 Å². The number of carbonyl (C=O) groups is 2. The Balaban J connectivity index is 1.73. The second-order valence-electron chi connectivity index (χ2n) is 6.57. The van der Waals surface area contributed by atoms with Gasteiger partial charge in [0.2, 0.25) is 5.91 Å². The van der Waals surface area contributed by atoms with E-state index in [-0.39, 0.29) is 11.8 Å². The van der Waals surface area contributed by atoms with E-state index in [4.69, 9.17) is 0 Å². The van der Waals surface area contributed by atoms with Gasteiger partial charge in [0.15, 0.2) is 0 Å². The molecule has 2 aromatic rings. The Labute approximate surface area is 153 Å². The number of rotatable bonds is 4. The third kappa shape index (κ3) is 3.54. The number of hydrogen-bond donors (Lipinski definition) is 1. The summed E-state index contributed by atoms with van der Waals surface area (Å²) < 4.78 is 0. The Bertz CT molecular complexity index is 804. The van der Waals surface area contributed by atoms with Crippen LogP contribution in [0, 0.1) is 6.92 Å². The Hall–Kier alpha value is -2.89. The first-order chi connectivity index (χ1) is 12.5. The topological polar surface area (TPSA) is 65.5 Å². The van der Waals surface area contributed by atoms with Gasteiger partial charge in [0.25, 0.3) is 5.91 Å². The summed E-state index contributed by atoms with van der Waals surface area (Å²) in [6.45, 7) is 5.43. The standard InChI is InChI=1S/C20H24N4O2/c1-14-6-8-16(9-7-14)13-23-11-12-24(15(2)19(23)25)20(26)17-5-4-10-22-18(17)21-3/h4-10,15H,11-13H2,1-3H3,(H,21,22)/t15-/m0/s1. The van der Waals surface area contributed by atoms with Crippen molar-refractivity contribution in [2.45, 2.75) is 26.4 Å². The SMILES string of the molecule is CNc1ncccc1C(=O)N1CCN(Cc2ccc(C)cc2)C(=O)[C@@H]1C. The number of nitrogens with one attached hydrogen (secondary N) is 1. The lowest BCUT2D eigenvalue weighted by molar-refractivity contribution is -0.140. The van der Waals surface area contributed by atoms with Gasteiger partial charge >= 0.3 is 0 Å². The van der Waals surface area contributed by atoms with Crippen molar-refractivity contribution in [2.75, 3.05) is 25.5 Å². The number of amides is 2. The van der Waals surface area contributed by atoms with Crippen LogP contribution in [0.3, 0.4) is 0 Å². The number of nitrogens with zero attached hydrogens (tertiary/aromatic N) is 3. The highest BCUT2D eigenvalue weighted by molar-refractivity contribution is 6.01. The summed E-state index contributed by atoms with van der Waals surface area (Å²) in [6.07, 6.45) is 1.64. The summed E-state index contributed by atoms with van der Waals surface area (Å²) in [7, 11) is 1.73. The van der Waals surface area contributed by atoms with E-state index in [0.717, 1.165) is 5.56 Å². The number of aromatic nitrogens is 1. The normalized spacial score (nSPS) is 17.3. The van der Waals surface area contributed by atoms with E-state index in [1.807, 2.05) is 36.1 Å². The van der Waals surface area contributed by atoms with E-state index in [1.165, 1.54) is 5.56 Å². The third-order valence-electron chi connectivity index (χ3n) is 4.78. The Morgan fingerprint density at radius 1 is 1.23 bits per heavy atom. The molecule has 0 unspecified atom stereocenters. The number of piperazine rings is 1. The molecule has 136 valence electrons. The van der Waals surface area contributed by atoms with Crippen LogP contribution in [-0.4, -0.2) is 52.8 Å². The van der Waals surface area contributed by atoms with Crippen LogP contribution in [0.15, 0.2) is 42.6 Å². The van der Waals surface area contributed by atoms with Crippen LogP contribution in [0.4, 0.5) is 5.82 Å². The van der Waals surface area contributed by atoms with Crippen molar-refractivity contribution in [1.29, 1.82) is 0 Å². The van der Waals surface area contributed by atoms with Gasteiger partial charge in [0, 0.05) is 32.9 Å². The zero-order valence-electron chi connectivity index (χ0n) is 15.4. The van der Waals surface area contributed by atoms with Gasteiger partial charge in [0.1, 0.15) is 11.9 Å². The van der Waals surface area contributed by atoms with Crippen LogP contribution in [0.25, 0.3) is 0 Å². The fourth-order valence-corrected chi connectivity index (χ4v) is 3.21. The molecular weight excluding hydrogens is 328 g/mol. The molecule has 1 aromatic heterocycles. The van der Waals surface area contributed by atoms with E-state index < -0.39 is 6.04 Å². The zero-order chi connectivity index (χ0) is 18.7. The molecule has 1 aliphatic rings. The molecular formula is C20H24N4O2. The van der Waals surface area contributed by atoms with Gasteiger partial charge in [-0.3, -0.25) is 9.59 Å². The molecule has 0 spiro atoms. The average Bonchev–Trinajstić information content (AvgIpc) is 2.67. The first-order valence-corrected chi connectivity index (χ1v) is 8.79. The predicted octanol–water partition coefficient (Wildman–Crippen LogP) is 2.30. The van der Waals surface area contributed by atoms with Crippen LogP contribution in [0.2, 0.25) is 0 Å². The van der Waals surface area contributed by atoms with E-state index in [2.05, 4.69) is 10.3 Å². The summed E-state index contributed by atoms with van der Waals surface area (Å²) in [4.78, 5) is 33.3. The number of carbonyl (C=O) groups excluding carboxylic acids is 2. The van der Waals surface area contributed by atoms with Gasteiger partial charge < -0.3 is 15.1 Å². The minimum atomic E-state index is -0.494. The highest BCUT2D eigenvalue weighted by Gasteiger charge is 2.35. The number of aryl methyl sites for hydroxylation is 1. The molecule has 1 aromatic carbocycles. The number of anilines is 1. The van der Waals surface area contributed by atoms with Gasteiger partial charge in [-0.15, -0.1) is 0 Å². The summed E-state index contributed by atoms with van der Waals surface area (Å²) >= 11 is 0. The molecule has 1 N–H and O–H groups in total. The molecule has 6 heteroatoms. The molecule has 3 rings (SSSR count). The first kappa shape index (κ1) is 17.9. The monoisotopic (exact) mass is 352 g/mol. The lowest BCUT2D eigenvalue weighted by Gasteiger charge is -2.39. The van der Waals surface area contributed by atoms with Crippen molar-refractivity contribution in [3.63, 3.8) is 0 Å². The molecule has 0 saturated carbocycles. The second kappa shape index (κ2) is 7.56. The van der Waals surface area contributed by atoms with E-state index in [1.54, 1.807) is 37.2 Å². The molecule has 1 fully saturated rings. The first-order valence-electron chi connectivity index (χ1n) is 8.79. The number of benzene rings is 1.